The molecule has 0 spiro atoms. The largest absolute Gasteiger partial charge is 0.443 e. The van der Waals surface area contributed by atoms with Crippen molar-refractivity contribution in [3.63, 3.8) is 0 Å². The summed E-state index contributed by atoms with van der Waals surface area (Å²) in [5, 5.41) is 2.68. The molecule has 9 heteroatoms. The number of ketones is 1. The molecular weight excluding hydrogens is 468 g/mol. The summed E-state index contributed by atoms with van der Waals surface area (Å²) in [5.41, 5.74) is 0.116. The molecule has 5 nitrogen and oxygen atoms in total. The number of halogens is 1. The van der Waals surface area contributed by atoms with Crippen molar-refractivity contribution in [2.75, 3.05) is 4.90 Å². The van der Waals surface area contributed by atoms with E-state index in [1.54, 1.807) is 16.2 Å². The van der Waals surface area contributed by atoms with Gasteiger partial charge in [-0.25, -0.2) is 4.79 Å². The van der Waals surface area contributed by atoms with E-state index in [9.17, 15) is 9.59 Å². The highest BCUT2D eigenvalue weighted by molar-refractivity contribution is 9.10. The highest BCUT2D eigenvalue weighted by atomic mass is 79.9. The third-order valence-corrected chi connectivity index (χ3v) is 7.69. The minimum atomic E-state index is -0.603. The van der Waals surface area contributed by atoms with E-state index in [-0.39, 0.29) is 5.78 Å². The second-order valence-electron chi connectivity index (χ2n) is 6.83. The number of carbonyl (C=O) groups is 2. The summed E-state index contributed by atoms with van der Waals surface area (Å²) in [7, 11) is 0. The standard InChI is InChI=1S/C18H19BrN2O3S3/c1-5-11(22)14-12(19)13-15(26-14)16(27-20-13)21(9-10-7-6-8-25-10)17(23)24-18(2,3)4/h6-8H,5,9H2,1-4H3. The predicted octanol–water partition coefficient (Wildman–Crippen LogP) is 6.72. The predicted molar refractivity (Wildman–Crippen MR) is 117 cm³/mol. The van der Waals surface area contributed by atoms with E-state index in [1.165, 1.54) is 22.9 Å². The number of anilines is 1. The molecule has 3 aromatic heterocycles. The van der Waals surface area contributed by atoms with Crippen LogP contribution >= 0.6 is 50.1 Å². The highest BCUT2D eigenvalue weighted by Crippen LogP contribution is 2.44. The van der Waals surface area contributed by atoms with Crippen molar-refractivity contribution in [2.24, 2.45) is 0 Å². The molecule has 0 aliphatic carbocycles. The summed E-state index contributed by atoms with van der Waals surface area (Å²) in [6.45, 7) is 7.76. The Bertz CT molecular complexity index is 970. The number of aromatic nitrogens is 1. The molecule has 0 radical (unpaired) electrons. The summed E-state index contributed by atoms with van der Waals surface area (Å²) in [4.78, 5) is 28.4. The highest BCUT2D eigenvalue weighted by Gasteiger charge is 2.29. The van der Waals surface area contributed by atoms with Gasteiger partial charge in [-0.1, -0.05) is 13.0 Å². The number of thiophene rings is 2. The van der Waals surface area contributed by atoms with Crippen molar-refractivity contribution in [3.05, 3.63) is 31.7 Å². The van der Waals surface area contributed by atoms with Crippen LogP contribution in [-0.2, 0) is 11.3 Å². The molecule has 0 aliphatic rings. The van der Waals surface area contributed by atoms with E-state index in [0.29, 0.717) is 27.3 Å². The number of nitrogens with zero attached hydrogens (tertiary/aromatic N) is 2. The van der Waals surface area contributed by atoms with Gasteiger partial charge >= 0.3 is 6.09 Å². The van der Waals surface area contributed by atoms with E-state index in [4.69, 9.17) is 4.74 Å². The Morgan fingerprint density at radius 3 is 2.67 bits per heavy atom. The second-order valence-corrected chi connectivity index (χ2v) is 10.4. The van der Waals surface area contributed by atoms with Crippen LogP contribution in [0.1, 0.15) is 48.7 Å². The fraction of sp³-hybridized carbons (Fsp3) is 0.389. The van der Waals surface area contributed by atoms with Gasteiger partial charge in [-0.2, -0.15) is 4.37 Å². The van der Waals surface area contributed by atoms with Gasteiger partial charge in [-0.3, -0.25) is 9.69 Å². The smallest absolute Gasteiger partial charge is 0.415 e. The maximum absolute atomic E-state index is 12.9. The van der Waals surface area contributed by atoms with Crippen LogP contribution in [-0.4, -0.2) is 21.9 Å². The van der Waals surface area contributed by atoms with E-state index < -0.39 is 11.7 Å². The number of fused-ring (bicyclic) bond motifs is 1. The first-order valence-corrected chi connectivity index (χ1v) is 11.6. The number of ether oxygens (including phenoxy) is 1. The molecule has 0 fully saturated rings. The van der Waals surface area contributed by atoms with Crippen LogP contribution < -0.4 is 4.90 Å². The van der Waals surface area contributed by atoms with Crippen LogP contribution in [0.15, 0.2) is 22.0 Å². The topological polar surface area (TPSA) is 59.5 Å². The molecule has 144 valence electrons. The zero-order valence-electron chi connectivity index (χ0n) is 15.4. The molecule has 0 aromatic carbocycles. The van der Waals surface area contributed by atoms with E-state index in [1.807, 2.05) is 45.2 Å². The average Bonchev–Trinajstić information content (AvgIpc) is 3.29. The molecule has 0 N–H and O–H groups in total. The second kappa shape index (κ2) is 7.98. The maximum atomic E-state index is 12.9. The Balaban J connectivity index is 2.05. The van der Waals surface area contributed by atoms with Crippen molar-refractivity contribution in [2.45, 2.75) is 46.3 Å². The summed E-state index contributed by atoms with van der Waals surface area (Å²) in [6, 6.07) is 3.94. The van der Waals surface area contributed by atoms with Crippen LogP contribution in [0, 0.1) is 0 Å². The van der Waals surface area contributed by atoms with Crippen LogP contribution in [0.5, 0.6) is 0 Å². The number of carbonyl (C=O) groups excluding carboxylic acids is 2. The van der Waals surface area contributed by atoms with Crippen LogP contribution in [0.2, 0.25) is 0 Å². The first-order valence-electron chi connectivity index (χ1n) is 8.35. The van der Waals surface area contributed by atoms with E-state index in [0.717, 1.165) is 15.1 Å². The summed E-state index contributed by atoms with van der Waals surface area (Å²) >= 11 is 7.70. The first-order chi connectivity index (χ1) is 12.7. The molecule has 0 atom stereocenters. The zero-order chi connectivity index (χ0) is 19.8. The number of amides is 1. The van der Waals surface area contributed by atoms with Crippen LogP contribution in [0.4, 0.5) is 9.80 Å². The molecule has 0 unspecified atom stereocenters. The maximum Gasteiger partial charge on any atom is 0.415 e. The Morgan fingerprint density at radius 2 is 2.07 bits per heavy atom. The number of hydrogen-bond donors (Lipinski definition) is 0. The number of hydrogen-bond acceptors (Lipinski definition) is 7. The molecular formula is C18H19BrN2O3S3. The van der Waals surface area contributed by atoms with Gasteiger partial charge in [0.1, 0.15) is 16.1 Å². The lowest BCUT2D eigenvalue weighted by Crippen LogP contribution is -2.36. The van der Waals surface area contributed by atoms with Gasteiger partial charge in [-0.05, 0) is 59.7 Å². The van der Waals surface area contributed by atoms with Crippen molar-refractivity contribution in [1.82, 2.24) is 4.37 Å². The first kappa shape index (κ1) is 20.4. The summed E-state index contributed by atoms with van der Waals surface area (Å²) < 4.78 is 11.6. The molecule has 0 bridgehead atoms. The molecule has 3 rings (SSSR count). The lowest BCUT2D eigenvalue weighted by molar-refractivity contribution is 0.0579. The minimum Gasteiger partial charge on any atom is -0.443 e. The molecule has 3 aromatic rings. The van der Waals surface area contributed by atoms with Crippen LogP contribution in [0.3, 0.4) is 0 Å². The molecule has 0 aliphatic heterocycles. The van der Waals surface area contributed by atoms with Crippen molar-refractivity contribution in [1.29, 1.82) is 0 Å². The fourth-order valence-corrected chi connectivity index (χ4v) is 6.22. The third-order valence-electron chi connectivity index (χ3n) is 3.57. The summed E-state index contributed by atoms with van der Waals surface area (Å²) in [6.07, 6.45) is 0.000161. The SMILES string of the molecule is CCC(=O)c1sc2c(N(Cc3cccs3)C(=O)OC(C)(C)C)snc2c1Br. The van der Waals surface area contributed by atoms with Crippen molar-refractivity contribution in [3.8, 4) is 0 Å². The van der Waals surface area contributed by atoms with Gasteiger partial charge in [0.25, 0.3) is 0 Å². The third kappa shape index (κ3) is 4.42. The Hall–Kier alpha value is -1.29. The fourth-order valence-electron chi connectivity index (χ4n) is 2.37. The number of Topliss-reactive ketones (excluding diaryl/α,β-unsaturated/α-hetero) is 1. The molecule has 3 heterocycles. The van der Waals surface area contributed by atoms with Crippen molar-refractivity contribution >= 4 is 77.2 Å². The lowest BCUT2D eigenvalue weighted by Gasteiger charge is -2.26. The van der Waals surface area contributed by atoms with Gasteiger partial charge in [0, 0.05) is 11.3 Å². The molecule has 27 heavy (non-hydrogen) atoms. The van der Waals surface area contributed by atoms with E-state index in [2.05, 4.69) is 20.3 Å². The molecule has 0 saturated heterocycles. The van der Waals surface area contributed by atoms with Gasteiger partial charge in [0.05, 0.1) is 20.6 Å². The Kier molecular flexibility index (Phi) is 6.05. The lowest BCUT2D eigenvalue weighted by atomic mass is 10.2. The minimum absolute atomic E-state index is 0.0582. The van der Waals surface area contributed by atoms with Gasteiger partial charge in [0.15, 0.2) is 5.78 Å². The van der Waals surface area contributed by atoms with Gasteiger partial charge < -0.3 is 4.74 Å². The van der Waals surface area contributed by atoms with Gasteiger partial charge in [0.2, 0.25) is 0 Å². The van der Waals surface area contributed by atoms with E-state index >= 15 is 0 Å². The number of rotatable bonds is 5. The Labute approximate surface area is 178 Å². The quantitative estimate of drug-likeness (QED) is 0.375. The van der Waals surface area contributed by atoms with Gasteiger partial charge in [-0.15, -0.1) is 22.7 Å². The summed E-state index contributed by atoms with van der Waals surface area (Å²) in [5.74, 6) is 0.0582. The monoisotopic (exact) mass is 486 g/mol. The van der Waals surface area contributed by atoms with Crippen LogP contribution in [0.25, 0.3) is 10.2 Å². The molecule has 1 amide bonds. The average molecular weight is 487 g/mol. The van der Waals surface area contributed by atoms with Crippen molar-refractivity contribution < 1.29 is 14.3 Å². The molecule has 0 saturated carbocycles. The normalized spacial score (nSPS) is 11.7. The zero-order valence-corrected chi connectivity index (χ0v) is 19.4. The Morgan fingerprint density at radius 1 is 1.33 bits per heavy atom.